The van der Waals surface area contributed by atoms with Crippen LogP contribution in [0.3, 0.4) is 0 Å². The van der Waals surface area contributed by atoms with Gasteiger partial charge < -0.3 is 5.32 Å². The molecule has 0 saturated carbocycles. The third-order valence-corrected chi connectivity index (χ3v) is 7.94. The monoisotopic (exact) mass is 504 g/mol. The van der Waals surface area contributed by atoms with Crippen molar-refractivity contribution < 1.29 is 9.72 Å². The van der Waals surface area contributed by atoms with Crippen molar-refractivity contribution in [2.75, 3.05) is 0 Å². The molecule has 0 unspecified atom stereocenters. The average Bonchev–Trinajstić information content (AvgIpc) is 3.38. The van der Waals surface area contributed by atoms with Crippen molar-refractivity contribution in [1.82, 2.24) is 10.3 Å². The van der Waals surface area contributed by atoms with Crippen LogP contribution in [0, 0.1) is 17.0 Å². The summed E-state index contributed by atoms with van der Waals surface area (Å²) >= 11 is 3.96. The molecule has 5 rings (SSSR count). The third kappa shape index (κ3) is 4.89. The lowest BCUT2D eigenvalue weighted by Crippen LogP contribution is -2.19. The highest BCUT2D eigenvalue weighted by molar-refractivity contribution is 8.18. The molecule has 0 bridgehead atoms. The van der Waals surface area contributed by atoms with E-state index in [0.29, 0.717) is 20.5 Å². The Bertz CT molecular complexity index is 1460. The van der Waals surface area contributed by atoms with Gasteiger partial charge in [0.2, 0.25) is 0 Å². The van der Waals surface area contributed by atoms with Crippen molar-refractivity contribution in [3.8, 4) is 0 Å². The fourth-order valence-electron chi connectivity index (χ4n) is 3.21. The number of para-hydroxylation sites is 1. The van der Waals surface area contributed by atoms with E-state index in [4.69, 9.17) is 0 Å². The fraction of sp³-hybridized carbons (Fsp3) is 0.0417. The molecule has 4 aromatic rings. The van der Waals surface area contributed by atoms with Crippen molar-refractivity contribution in [3.05, 3.63) is 92.9 Å². The summed E-state index contributed by atoms with van der Waals surface area (Å²) in [6, 6.07) is 20.3. The average molecular weight is 505 g/mol. The van der Waals surface area contributed by atoms with Crippen LogP contribution < -0.4 is 5.32 Å². The molecular weight excluding hydrogens is 488 g/mol. The van der Waals surface area contributed by atoms with E-state index in [1.807, 2.05) is 55.5 Å². The maximum absolute atomic E-state index is 12.4. The number of nitro benzene ring substituents is 1. The minimum absolute atomic E-state index is 0.0319. The summed E-state index contributed by atoms with van der Waals surface area (Å²) in [7, 11) is 0. The molecule has 1 aliphatic rings. The van der Waals surface area contributed by atoms with Crippen LogP contribution in [-0.4, -0.2) is 21.0 Å². The molecule has 1 amide bonds. The van der Waals surface area contributed by atoms with E-state index in [1.54, 1.807) is 18.2 Å². The summed E-state index contributed by atoms with van der Waals surface area (Å²) in [5.41, 5.74) is 3.26. The Morgan fingerprint density at radius 3 is 2.68 bits per heavy atom. The molecule has 34 heavy (non-hydrogen) atoms. The molecule has 7 nitrogen and oxygen atoms in total. The van der Waals surface area contributed by atoms with E-state index >= 15 is 0 Å². The zero-order valence-corrected chi connectivity index (χ0v) is 20.2. The number of rotatable bonds is 5. The number of aryl methyl sites for hydroxylation is 1. The van der Waals surface area contributed by atoms with Crippen LogP contribution in [0.15, 0.2) is 85.9 Å². The Morgan fingerprint density at radius 2 is 1.91 bits per heavy atom. The molecular formula is C24H16N4O3S3. The number of amides is 1. The number of hydrogen-bond acceptors (Lipinski definition) is 8. The zero-order chi connectivity index (χ0) is 23.7. The highest BCUT2D eigenvalue weighted by Crippen LogP contribution is 2.39. The summed E-state index contributed by atoms with van der Waals surface area (Å²) in [5, 5.41) is 15.0. The van der Waals surface area contributed by atoms with Crippen molar-refractivity contribution in [1.29, 1.82) is 0 Å². The molecule has 168 valence electrons. The Labute approximate surface area is 207 Å². The molecule has 0 aliphatic carbocycles. The van der Waals surface area contributed by atoms with E-state index in [0.717, 1.165) is 25.8 Å². The fourth-order valence-corrected chi connectivity index (χ4v) is 6.16. The summed E-state index contributed by atoms with van der Waals surface area (Å²) in [5.74, 6) is -0.286. The number of carbonyl (C=O) groups excluding carboxylic acids is 1. The van der Waals surface area contributed by atoms with Crippen molar-refractivity contribution in [3.63, 3.8) is 0 Å². The second kappa shape index (κ2) is 9.41. The van der Waals surface area contributed by atoms with Crippen LogP contribution >= 0.6 is 34.9 Å². The highest BCUT2D eigenvalue weighted by Gasteiger charge is 2.24. The molecule has 0 spiro atoms. The number of aromatic nitrogens is 1. The lowest BCUT2D eigenvalue weighted by atomic mass is 10.2. The van der Waals surface area contributed by atoms with Gasteiger partial charge in [0.1, 0.15) is 0 Å². The maximum Gasteiger partial charge on any atom is 0.283 e. The second-order valence-corrected chi connectivity index (χ2v) is 10.7. The quantitative estimate of drug-likeness (QED) is 0.188. The molecule has 0 atom stereocenters. The first-order chi connectivity index (χ1) is 16.4. The molecule has 3 aromatic carbocycles. The SMILES string of the molecule is Cc1ccc(N=C2NC(=O)/C(=C/c3ccc(Sc4nc5ccccc5s4)c([N+](=O)[O-])c3)S2)cc1. The van der Waals surface area contributed by atoms with E-state index in [9.17, 15) is 14.9 Å². The number of fused-ring (bicyclic) bond motifs is 1. The van der Waals surface area contributed by atoms with Gasteiger partial charge in [0, 0.05) is 6.07 Å². The van der Waals surface area contributed by atoms with Crippen molar-refractivity contribution >= 4 is 73.6 Å². The van der Waals surface area contributed by atoms with Crippen molar-refractivity contribution in [2.45, 2.75) is 16.2 Å². The van der Waals surface area contributed by atoms with Crippen LogP contribution in [0.25, 0.3) is 16.3 Å². The number of nitro groups is 1. The lowest BCUT2D eigenvalue weighted by molar-refractivity contribution is -0.387. The van der Waals surface area contributed by atoms with E-state index < -0.39 is 4.92 Å². The molecule has 1 fully saturated rings. The van der Waals surface area contributed by atoms with Gasteiger partial charge in [0.25, 0.3) is 11.6 Å². The standard InChI is InChI=1S/C24H16N4O3S3/c1-14-6-9-16(10-7-14)25-23-27-22(29)21(32-23)13-15-8-11-20(18(12-15)28(30)31)34-24-26-17-4-2-3-5-19(17)33-24/h2-13H,1H3,(H,25,27,29)/b21-13-. The maximum atomic E-state index is 12.4. The number of carbonyl (C=O) groups is 1. The van der Waals surface area contributed by atoms with Crippen LogP contribution in [0.5, 0.6) is 0 Å². The van der Waals surface area contributed by atoms with Gasteiger partial charge in [-0.15, -0.1) is 11.3 Å². The Balaban J connectivity index is 1.39. The number of amidine groups is 1. The normalized spacial score (nSPS) is 15.9. The van der Waals surface area contributed by atoms with Crippen LogP contribution in [0.1, 0.15) is 11.1 Å². The second-order valence-electron chi connectivity index (χ2n) is 7.35. The number of nitrogens with one attached hydrogen (secondary N) is 1. The molecule has 10 heteroatoms. The van der Waals surface area contributed by atoms with Gasteiger partial charge in [-0.2, -0.15) is 0 Å². The number of hydrogen-bond donors (Lipinski definition) is 1. The van der Waals surface area contributed by atoms with E-state index in [-0.39, 0.29) is 11.6 Å². The van der Waals surface area contributed by atoms with Gasteiger partial charge in [0.15, 0.2) is 9.51 Å². The number of thioether (sulfide) groups is 1. The first-order valence-corrected chi connectivity index (χ1v) is 12.6. The first kappa shape index (κ1) is 22.3. The number of nitrogens with zero attached hydrogens (tertiary/aromatic N) is 3. The highest BCUT2D eigenvalue weighted by atomic mass is 32.2. The first-order valence-electron chi connectivity index (χ1n) is 10.1. The Kier molecular flexibility index (Phi) is 6.18. The summed E-state index contributed by atoms with van der Waals surface area (Å²) < 4.78 is 1.76. The van der Waals surface area contributed by atoms with E-state index in [2.05, 4.69) is 15.3 Å². The smallest absolute Gasteiger partial charge is 0.283 e. The van der Waals surface area contributed by atoms with Gasteiger partial charge in [-0.05, 0) is 60.7 Å². The summed E-state index contributed by atoms with van der Waals surface area (Å²) in [6.45, 7) is 1.99. The van der Waals surface area contributed by atoms with Gasteiger partial charge in [-0.25, -0.2) is 9.98 Å². The Hall–Kier alpha value is -3.47. The predicted molar refractivity (Wildman–Crippen MR) is 139 cm³/mol. The molecule has 1 N–H and O–H groups in total. The largest absolute Gasteiger partial charge is 0.300 e. The van der Waals surface area contributed by atoms with Gasteiger partial charge in [0.05, 0.1) is 30.6 Å². The number of thiazole rings is 1. The zero-order valence-electron chi connectivity index (χ0n) is 17.7. The van der Waals surface area contributed by atoms with Gasteiger partial charge in [-0.1, -0.05) is 47.7 Å². The third-order valence-electron chi connectivity index (χ3n) is 4.86. The van der Waals surface area contributed by atoms with Crippen molar-refractivity contribution in [2.24, 2.45) is 4.99 Å². The summed E-state index contributed by atoms with van der Waals surface area (Å²) in [4.78, 5) is 33.7. The van der Waals surface area contributed by atoms with E-state index in [1.165, 1.54) is 40.9 Å². The van der Waals surface area contributed by atoms with Crippen LogP contribution in [-0.2, 0) is 4.79 Å². The molecule has 1 aromatic heterocycles. The minimum Gasteiger partial charge on any atom is -0.300 e. The van der Waals surface area contributed by atoms with Gasteiger partial charge in [-0.3, -0.25) is 14.9 Å². The molecule has 2 heterocycles. The predicted octanol–water partition coefficient (Wildman–Crippen LogP) is 6.56. The molecule has 0 radical (unpaired) electrons. The number of benzene rings is 3. The topological polar surface area (TPSA) is 97.5 Å². The molecule has 1 aliphatic heterocycles. The minimum atomic E-state index is -0.413. The number of aliphatic imine (C=N–C) groups is 1. The van der Waals surface area contributed by atoms with Crippen LogP contribution in [0.4, 0.5) is 11.4 Å². The lowest BCUT2D eigenvalue weighted by Gasteiger charge is -2.02. The van der Waals surface area contributed by atoms with Crippen LogP contribution in [0.2, 0.25) is 0 Å². The Morgan fingerprint density at radius 1 is 1.12 bits per heavy atom. The summed E-state index contributed by atoms with van der Waals surface area (Å²) in [6.07, 6.45) is 1.64. The molecule has 1 saturated heterocycles. The van der Waals surface area contributed by atoms with Gasteiger partial charge >= 0.3 is 0 Å².